The average molecular weight is 912 g/mol. The van der Waals surface area contributed by atoms with Crippen LogP contribution < -0.4 is 0 Å². The number of benzene rings is 2. The van der Waals surface area contributed by atoms with Gasteiger partial charge in [0.05, 0.1) is 13.2 Å². The molecule has 6 saturated carbocycles. The van der Waals surface area contributed by atoms with E-state index < -0.39 is 0 Å². The molecule has 0 unspecified atom stereocenters. The van der Waals surface area contributed by atoms with Gasteiger partial charge in [0.15, 0.2) is 0 Å². The third-order valence-corrected chi connectivity index (χ3v) is 20.3. The van der Waals surface area contributed by atoms with Crippen LogP contribution in [-0.4, -0.2) is 13.2 Å². The van der Waals surface area contributed by atoms with E-state index in [2.05, 4.69) is 88.4 Å². The summed E-state index contributed by atoms with van der Waals surface area (Å²) in [4.78, 5) is 0. The van der Waals surface area contributed by atoms with Crippen molar-refractivity contribution in [2.75, 3.05) is 13.2 Å². The highest BCUT2D eigenvalue weighted by molar-refractivity contribution is 5.69. The molecule has 0 bridgehead atoms. The fourth-order valence-electron chi connectivity index (χ4n) is 16.2. The molecule has 0 aromatic heterocycles. The van der Waals surface area contributed by atoms with Crippen LogP contribution in [0.15, 0.2) is 60.7 Å². The van der Waals surface area contributed by atoms with E-state index in [-0.39, 0.29) is 0 Å². The molecular formula is C66H102O. The minimum absolute atomic E-state index is 0.662. The fourth-order valence-corrected chi connectivity index (χ4v) is 16.2. The average Bonchev–Trinajstić information content (AvgIpc) is 3.38. The molecule has 0 spiro atoms. The number of allylic oxidation sites excluding steroid dienone is 2. The zero-order valence-electron chi connectivity index (χ0n) is 44.2. The first kappa shape index (κ1) is 51.2. The van der Waals surface area contributed by atoms with Gasteiger partial charge < -0.3 is 4.74 Å². The molecule has 2 aromatic carbocycles. The lowest BCUT2D eigenvalue weighted by Gasteiger charge is -2.38. The monoisotopic (exact) mass is 911 g/mol. The second-order valence-electron chi connectivity index (χ2n) is 24.5. The molecule has 0 atom stereocenters. The predicted octanol–water partition coefficient (Wildman–Crippen LogP) is 20.1. The van der Waals surface area contributed by atoms with Gasteiger partial charge in [0.2, 0.25) is 0 Å². The largest absolute Gasteiger partial charge is 0.373 e. The quantitative estimate of drug-likeness (QED) is 0.120. The van der Waals surface area contributed by atoms with Gasteiger partial charge in [0, 0.05) is 0 Å². The zero-order chi connectivity index (χ0) is 46.2. The maximum atomic E-state index is 6.76. The van der Waals surface area contributed by atoms with Gasteiger partial charge >= 0.3 is 0 Å². The molecule has 0 N–H and O–H groups in total. The smallest absolute Gasteiger partial charge is 0.0657 e. The Labute approximate surface area is 414 Å². The van der Waals surface area contributed by atoms with E-state index in [1.807, 2.05) is 0 Å². The SMILES string of the molecule is CCCC1CCC(c2ccc(C(=CCOCC=C(c3ccc(C4CCC(CCC)CC4)cc3)C3CCC(C4CCC(CCC)CC4)CC3)C3CCC(C4CCC(CCC)CC4)CC3)cc2)CC1. The molecule has 2 aromatic rings. The number of hydrogen-bond acceptors (Lipinski definition) is 1. The predicted molar refractivity (Wildman–Crippen MR) is 290 cm³/mol. The summed E-state index contributed by atoms with van der Waals surface area (Å²) in [5, 5.41) is 0. The third-order valence-electron chi connectivity index (χ3n) is 20.3. The Bertz CT molecular complexity index is 1590. The Kier molecular flexibility index (Phi) is 20.6. The van der Waals surface area contributed by atoms with Crippen molar-refractivity contribution in [3.05, 3.63) is 82.9 Å². The van der Waals surface area contributed by atoms with Crippen molar-refractivity contribution in [3.8, 4) is 0 Å². The maximum Gasteiger partial charge on any atom is 0.0657 e. The van der Waals surface area contributed by atoms with Gasteiger partial charge in [-0.3, -0.25) is 0 Å². The van der Waals surface area contributed by atoms with E-state index in [4.69, 9.17) is 4.74 Å². The Morgan fingerprint density at radius 3 is 0.910 bits per heavy atom. The van der Waals surface area contributed by atoms with Crippen LogP contribution in [-0.2, 0) is 4.74 Å². The van der Waals surface area contributed by atoms with E-state index in [1.165, 1.54) is 217 Å². The molecule has 6 aliphatic carbocycles. The highest BCUT2D eigenvalue weighted by Gasteiger charge is 2.34. The molecule has 67 heavy (non-hydrogen) atoms. The van der Waals surface area contributed by atoms with Crippen LogP contribution in [0.1, 0.15) is 267 Å². The van der Waals surface area contributed by atoms with E-state index >= 15 is 0 Å². The molecule has 0 saturated heterocycles. The van der Waals surface area contributed by atoms with Gasteiger partial charge in [-0.15, -0.1) is 0 Å². The van der Waals surface area contributed by atoms with Crippen molar-refractivity contribution in [3.63, 3.8) is 0 Å². The van der Waals surface area contributed by atoms with Gasteiger partial charge in [-0.05, 0) is 233 Å². The van der Waals surface area contributed by atoms with Crippen molar-refractivity contribution in [2.24, 2.45) is 59.2 Å². The minimum atomic E-state index is 0.662. The van der Waals surface area contributed by atoms with Crippen molar-refractivity contribution in [2.45, 2.75) is 245 Å². The Morgan fingerprint density at radius 2 is 0.627 bits per heavy atom. The molecule has 0 amide bonds. The molecule has 0 aliphatic heterocycles. The molecule has 6 aliphatic rings. The summed E-state index contributed by atoms with van der Waals surface area (Å²) in [6, 6.07) is 20.2. The number of hydrogen-bond donors (Lipinski definition) is 0. The van der Waals surface area contributed by atoms with Gasteiger partial charge in [-0.1, -0.05) is 165 Å². The van der Waals surface area contributed by atoms with Crippen LogP contribution in [0.2, 0.25) is 0 Å². The van der Waals surface area contributed by atoms with Gasteiger partial charge in [0.25, 0.3) is 0 Å². The summed E-state index contributed by atoms with van der Waals surface area (Å²) >= 11 is 0. The van der Waals surface area contributed by atoms with Crippen LogP contribution in [0.3, 0.4) is 0 Å². The summed E-state index contributed by atoms with van der Waals surface area (Å²) in [7, 11) is 0. The van der Waals surface area contributed by atoms with Crippen LogP contribution in [0.5, 0.6) is 0 Å². The summed E-state index contributed by atoms with van der Waals surface area (Å²) < 4.78 is 6.76. The third kappa shape index (κ3) is 14.5. The molecule has 1 heteroatoms. The van der Waals surface area contributed by atoms with Crippen LogP contribution in [0.4, 0.5) is 0 Å². The maximum absolute atomic E-state index is 6.76. The molecule has 1 nitrogen and oxygen atoms in total. The zero-order valence-corrected chi connectivity index (χ0v) is 44.2. The summed E-state index contributed by atoms with van der Waals surface area (Å²) in [6.45, 7) is 10.9. The highest BCUT2D eigenvalue weighted by Crippen LogP contribution is 2.48. The van der Waals surface area contributed by atoms with Crippen LogP contribution >= 0.6 is 0 Å². The second kappa shape index (κ2) is 26.9. The van der Waals surface area contributed by atoms with E-state index in [1.54, 1.807) is 22.3 Å². The molecule has 0 heterocycles. The topological polar surface area (TPSA) is 9.23 Å². The minimum Gasteiger partial charge on any atom is -0.373 e. The van der Waals surface area contributed by atoms with Crippen LogP contribution in [0.25, 0.3) is 11.1 Å². The van der Waals surface area contributed by atoms with E-state index in [9.17, 15) is 0 Å². The first-order chi connectivity index (χ1) is 33.0. The highest BCUT2D eigenvalue weighted by atomic mass is 16.5. The first-order valence-electron chi connectivity index (χ1n) is 30.2. The number of ether oxygens (including phenoxy) is 1. The lowest BCUT2D eigenvalue weighted by molar-refractivity contribution is 0.153. The second-order valence-corrected chi connectivity index (χ2v) is 24.5. The molecule has 6 fully saturated rings. The van der Waals surface area contributed by atoms with Crippen molar-refractivity contribution < 1.29 is 4.74 Å². The van der Waals surface area contributed by atoms with Crippen molar-refractivity contribution in [1.29, 1.82) is 0 Å². The lowest BCUT2D eigenvalue weighted by atomic mass is 9.67. The Balaban J connectivity index is 0.937. The van der Waals surface area contributed by atoms with Gasteiger partial charge in [-0.2, -0.15) is 0 Å². The number of rotatable bonds is 20. The Hall–Kier alpha value is -2.12. The first-order valence-corrected chi connectivity index (χ1v) is 30.2. The fraction of sp³-hybridized carbons (Fsp3) is 0.758. The van der Waals surface area contributed by atoms with Gasteiger partial charge in [0.1, 0.15) is 0 Å². The lowest BCUT2D eigenvalue weighted by Crippen LogP contribution is -2.26. The van der Waals surface area contributed by atoms with Gasteiger partial charge in [-0.25, -0.2) is 0 Å². The van der Waals surface area contributed by atoms with E-state index in [0.717, 1.165) is 72.4 Å². The van der Waals surface area contributed by atoms with Crippen LogP contribution in [0, 0.1) is 59.2 Å². The molecular weight excluding hydrogens is 809 g/mol. The van der Waals surface area contributed by atoms with Crippen molar-refractivity contribution in [1.82, 2.24) is 0 Å². The molecule has 8 rings (SSSR count). The van der Waals surface area contributed by atoms with Crippen molar-refractivity contribution >= 4 is 11.1 Å². The molecule has 372 valence electrons. The summed E-state index contributed by atoms with van der Waals surface area (Å²) in [6.07, 6.45) is 50.6. The summed E-state index contributed by atoms with van der Waals surface area (Å²) in [5.41, 5.74) is 9.32. The Morgan fingerprint density at radius 1 is 0.358 bits per heavy atom. The van der Waals surface area contributed by atoms with E-state index in [0.29, 0.717) is 11.8 Å². The summed E-state index contributed by atoms with van der Waals surface area (Å²) in [5.74, 6) is 10.7. The standard InChI is InChI=1S/C66H102O/c1-5-9-49-13-21-53(22-14-49)57-29-37-61(38-30-57)65(62-39-31-58(32-40-62)54-23-15-50(10-6-2)16-24-54)45-47-67-48-46-66(63-41-33-59(34-42-63)55-25-17-51(11-7-3)18-26-55)64-43-35-60(36-44-64)56-27-19-52(12-8-4)20-28-56/h29-30,33-34,37-38,41-42,45-46,49-56,58,60,62,64H,5-28,31-32,35-36,39-40,43-44,47-48H2,1-4H3. The molecule has 0 radical (unpaired) electrons. The normalized spacial score (nSPS) is 33.7.